The van der Waals surface area contributed by atoms with Gasteiger partial charge in [0.1, 0.15) is 0 Å². The molecule has 0 aromatic carbocycles. The van der Waals surface area contributed by atoms with Crippen molar-refractivity contribution in [3.8, 4) is 0 Å². The van der Waals surface area contributed by atoms with Crippen LogP contribution in [0.5, 0.6) is 0 Å². The topological polar surface area (TPSA) is 55.4 Å². The molecule has 0 saturated heterocycles. The second-order valence-electron chi connectivity index (χ2n) is 8.76. The molecule has 0 spiro atoms. The molecule has 6 heterocycles. The van der Waals surface area contributed by atoms with Crippen LogP contribution in [0.1, 0.15) is 0 Å². The van der Waals surface area contributed by atoms with Gasteiger partial charge in [-0.1, -0.05) is 94.1 Å². The Balaban J connectivity index is 1.03. The Labute approximate surface area is 311 Å². The van der Waals surface area contributed by atoms with Crippen molar-refractivity contribution in [2.24, 2.45) is 0 Å². The van der Waals surface area contributed by atoms with Gasteiger partial charge in [0.25, 0.3) is 0 Å². The zero-order chi connectivity index (χ0) is 29.8. The Bertz CT molecular complexity index is 1010. The largest absolute Gasteiger partial charge is 0.378 e. The van der Waals surface area contributed by atoms with Crippen molar-refractivity contribution in [2.75, 3.05) is 102 Å². The van der Waals surface area contributed by atoms with Crippen LogP contribution in [0.4, 0.5) is 0 Å². The summed E-state index contributed by atoms with van der Waals surface area (Å²) >= 11 is 23.3. The van der Waals surface area contributed by atoms with Gasteiger partial charge in [-0.2, -0.15) is 0 Å². The van der Waals surface area contributed by atoms with Gasteiger partial charge in [0.2, 0.25) is 0 Å². The van der Waals surface area contributed by atoms with Crippen molar-refractivity contribution < 1.29 is 28.4 Å². The molecule has 44 heavy (non-hydrogen) atoms. The minimum Gasteiger partial charge on any atom is -0.378 e. The molecular formula is C26H32O6S12. The molecule has 0 N–H and O–H groups in total. The summed E-state index contributed by atoms with van der Waals surface area (Å²) in [6.07, 6.45) is 0. The third-order valence-electron chi connectivity index (χ3n) is 5.65. The molecule has 0 bridgehead atoms. The molecule has 6 aliphatic heterocycles. The zero-order valence-corrected chi connectivity index (χ0v) is 33.5. The van der Waals surface area contributed by atoms with E-state index < -0.39 is 0 Å². The average Bonchev–Trinajstić information content (AvgIpc) is 3.80. The second-order valence-corrected chi connectivity index (χ2v) is 23.9. The Morgan fingerprint density at radius 2 is 0.409 bits per heavy atom. The van der Waals surface area contributed by atoms with Crippen molar-refractivity contribution >= 4 is 141 Å². The first-order chi connectivity index (χ1) is 21.8. The van der Waals surface area contributed by atoms with Crippen LogP contribution in [0.3, 0.4) is 0 Å². The fourth-order valence-corrected chi connectivity index (χ4v) is 22.0. The minimum absolute atomic E-state index is 0.633. The minimum atomic E-state index is 0.633. The average molecular weight is 825 g/mol. The van der Waals surface area contributed by atoms with Crippen LogP contribution in [0.25, 0.3) is 0 Å². The first kappa shape index (κ1) is 36.5. The lowest BCUT2D eigenvalue weighted by Gasteiger charge is -2.08. The number of hydrogen-bond donors (Lipinski definition) is 0. The standard InChI is InChI=1S/C26H32O6S12/c1-5-29-9-13-33-17-18(34-14-10-30-6-2-27-1)38-21(37-17)23-41-25-26(42-23)44-24(43-25)22-39-19-20(40-22)36-16-12-32-8-4-28-3-7-31-11-15-35-19/h1-16H2. The molecule has 6 aliphatic rings. The molecule has 6 nitrogen and oxygen atoms in total. The van der Waals surface area contributed by atoms with Gasteiger partial charge >= 0.3 is 0 Å². The highest BCUT2D eigenvalue weighted by Gasteiger charge is 2.37. The van der Waals surface area contributed by atoms with Crippen LogP contribution >= 0.6 is 141 Å². The highest BCUT2D eigenvalue weighted by Crippen LogP contribution is 2.73. The lowest BCUT2D eigenvalue weighted by molar-refractivity contribution is 0.0205. The van der Waals surface area contributed by atoms with Gasteiger partial charge < -0.3 is 28.4 Å². The van der Waals surface area contributed by atoms with E-state index in [1.807, 2.05) is 141 Å². The monoisotopic (exact) mass is 824 g/mol. The van der Waals surface area contributed by atoms with Gasteiger partial charge in [-0.3, -0.25) is 0 Å². The Kier molecular flexibility index (Phi) is 17.0. The first-order valence-corrected chi connectivity index (χ1v) is 24.4. The molecule has 0 aromatic rings. The number of rotatable bonds is 0. The van der Waals surface area contributed by atoms with Crippen LogP contribution in [0.2, 0.25) is 0 Å². The molecule has 0 amide bonds. The Hall–Kier alpha value is 2.66. The molecule has 0 aromatic heterocycles. The molecule has 244 valence electrons. The fraction of sp³-hybridized carbons (Fsp3) is 0.615. The molecule has 0 radical (unpaired) electrons. The number of ether oxygens (including phenoxy) is 6. The third kappa shape index (κ3) is 11.3. The zero-order valence-electron chi connectivity index (χ0n) is 23.7. The van der Waals surface area contributed by atoms with Crippen molar-refractivity contribution in [2.45, 2.75) is 0 Å². The van der Waals surface area contributed by atoms with E-state index >= 15 is 0 Å². The van der Waals surface area contributed by atoms with Gasteiger partial charge in [0.05, 0.1) is 122 Å². The molecular weight excluding hydrogens is 793 g/mol. The number of thioether (sulfide) groups is 12. The Morgan fingerprint density at radius 3 is 0.636 bits per heavy atom. The van der Waals surface area contributed by atoms with E-state index in [9.17, 15) is 0 Å². The van der Waals surface area contributed by atoms with Gasteiger partial charge in [-0.05, 0) is 0 Å². The van der Waals surface area contributed by atoms with E-state index in [1.54, 1.807) is 0 Å². The van der Waals surface area contributed by atoms with E-state index in [0.29, 0.717) is 52.9 Å². The quantitative estimate of drug-likeness (QED) is 0.233. The van der Waals surface area contributed by atoms with Crippen LogP contribution in [-0.4, -0.2) is 102 Å². The summed E-state index contributed by atoms with van der Waals surface area (Å²) in [5.74, 6) is 3.84. The molecule has 0 saturated carbocycles. The van der Waals surface area contributed by atoms with Crippen molar-refractivity contribution in [3.63, 3.8) is 0 Å². The summed E-state index contributed by atoms with van der Waals surface area (Å²) in [5, 5.41) is 0. The van der Waals surface area contributed by atoms with Gasteiger partial charge in [0, 0.05) is 23.0 Å². The van der Waals surface area contributed by atoms with Gasteiger partial charge in [-0.25, -0.2) is 0 Å². The fourth-order valence-electron chi connectivity index (χ4n) is 3.68. The maximum atomic E-state index is 5.77. The van der Waals surface area contributed by atoms with Gasteiger partial charge in [-0.15, -0.1) is 47.0 Å². The predicted molar refractivity (Wildman–Crippen MR) is 211 cm³/mol. The molecule has 0 atom stereocenters. The van der Waals surface area contributed by atoms with E-state index in [2.05, 4.69) is 0 Å². The van der Waals surface area contributed by atoms with Crippen LogP contribution in [0.15, 0.2) is 42.4 Å². The summed E-state index contributed by atoms with van der Waals surface area (Å²) in [6, 6.07) is 0. The van der Waals surface area contributed by atoms with E-state index in [1.165, 1.54) is 42.4 Å². The molecule has 0 aliphatic carbocycles. The molecule has 0 fully saturated rings. The van der Waals surface area contributed by atoms with E-state index in [-0.39, 0.29) is 0 Å². The number of hydrogen-bond acceptors (Lipinski definition) is 18. The van der Waals surface area contributed by atoms with Crippen LogP contribution in [-0.2, 0) is 28.4 Å². The van der Waals surface area contributed by atoms with Crippen LogP contribution < -0.4 is 0 Å². The summed E-state index contributed by atoms with van der Waals surface area (Å²) in [5.41, 5.74) is 0. The highest BCUT2D eigenvalue weighted by molar-refractivity contribution is 8.51. The maximum absolute atomic E-state index is 5.77. The second kappa shape index (κ2) is 20.5. The summed E-state index contributed by atoms with van der Waals surface area (Å²) in [4.78, 5) is 0. The third-order valence-corrected chi connectivity index (χ3v) is 23.2. The van der Waals surface area contributed by atoms with Gasteiger partial charge in [0.15, 0.2) is 0 Å². The van der Waals surface area contributed by atoms with E-state index in [4.69, 9.17) is 28.4 Å². The predicted octanol–water partition coefficient (Wildman–Crippen LogP) is 9.60. The Morgan fingerprint density at radius 1 is 0.227 bits per heavy atom. The van der Waals surface area contributed by atoms with Crippen LogP contribution in [0, 0.1) is 0 Å². The first-order valence-electron chi connectivity index (χ1n) is 14.0. The molecule has 18 heteroatoms. The lowest BCUT2D eigenvalue weighted by atomic mass is 10.7. The summed E-state index contributed by atoms with van der Waals surface area (Å²) in [6.45, 7) is 8.08. The highest BCUT2D eigenvalue weighted by atomic mass is 32.3. The van der Waals surface area contributed by atoms with E-state index in [0.717, 1.165) is 49.4 Å². The summed E-state index contributed by atoms with van der Waals surface area (Å²) in [7, 11) is 0. The normalized spacial score (nSPS) is 26.7. The molecule has 6 rings (SSSR count). The van der Waals surface area contributed by atoms with Crippen molar-refractivity contribution in [1.82, 2.24) is 0 Å². The van der Waals surface area contributed by atoms with Crippen molar-refractivity contribution in [1.29, 1.82) is 0 Å². The smallest absolute Gasteiger partial charge is 0.0718 e. The maximum Gasteiger partial charge on any atom is 0.0718 e. The summed E-state index contributed by atoms with van der Waals surface area (Å²) < 4.78 is 48.4. The van der Waals surface area contributed by atoms with Crippen molar-refractivity contribution in [3.05, 3.63) is 42.4 Å². The SMILES string of the molecule is C1COCCSC2=C(SCCOCCO1)SC(=C1SC3=C(S1)SC(=C1SC4=C(SCCOCCOCCOCCS4)S1)S3)S2. The lowest BCUT2D eigenvalue weighted by Crippen LogP contribution is -2.11. The molecule has 0 unspecified atom stereocenters.